The van der Waals surface area contributed by atoms with E-state index in [1.165, 1.54) is 28.9 Å². The first kappa shape index (κ1) is 8.24. The first-order chi connectivity index (χ1) is 6.88. The lowest BCUT2D eigenvalue weighted by molar-refractivity contribution is 1.05. The lowest BCUT2D eigenvalue weighted by Crippen LogP contribution is -1.93. The minimum atomic E-state index is 0.728. The fourth-order valence-corrected chi connectivity index (χ4v) is 2.61. The smallest absolute Gasteiger partial charge is 0.0834 e. The summed E-state index contributed by atoms with van der Waals surface area (Å²) in [7, 11) is 1.98. The van der Waals surface area contributed by atoms with Gasteiger partial charge in [-0.3, -0.25) is 4.98 Å². The molecular weight excluding hydrogens is 192 g/mol. The second-order valence-electron chi connectivity index (χ2n) is 3.75. The maximum absolute atomic E-state index is 4.68. The van der Waals surface area contributed by atoms with Crippen LogP contribution in [0.2, 0.25) is 0 Å². The normalized spacial score (nSPS) is 16.1. The van der Waals surface area contributed by atoms with Crippen LogP contribution in [0.15, 0.2) is 17.5 Å². The van der Waals surface area contributed by atoms with Crippen molar-refractivity contribution in [2.24, 2.45) is 0 Å². The van der Waals surface area contributed by atoms with E-state index in [1.54, 1.807) is 11.3 Å². The average molecular weight is 204 g/mol. The quantitative estimate of drug-likeness (QED) is 0.812. The molecule has 0 unspecified atom stereocenters. The first-order valence-corrected chi connectivity index (χ1v) is 5.82. The largest absolute Gasteiger partial charge is 0.387 e. The van der Waals surface area contributed by atoms with Gasteiger partial charge in [-0.1, -0.05) is 0 Å². The van der Waals surface area contributed by atoms with E-state index in [0.717, 1.165) is 11.4 Å². The highest BCUT2D eigenvalue weighted by Gasteiger charge is 2.25. The maximum atomic E-state index is 4.68. The Hall–Kier alpha value is -1.09. The summed E-state index contributed by atoms with van der Waals surface area (Å²) in [6.07, 6.45) is 2.62. The van der Waals surface area contributed by atoms with E-state index >= 15 is 0 Å². The van der Waals surface area contributed by atoms with Crippen LogP contribution in [-0.2, 0) is 0 Å². The molecule has 2 nitrogen and oxygen atoms in total. The number of aromatic nitrogens is 1. The number of thiophene rings is 1. The lowest BCUT2D eigenvalue weighted by atomic mass is 10.2. The Balaban J connectivity index is 2.23. The van der Waals surface area contributed by atoms with Gasteiger partial charge in [-0.25, -0.2) is 0 Å². The number of hydrogen-bond acceptors (Lipinski definition) is 3. The summed E-state index contributed by atoms with van der Waals surface area (Å²) >= 11 is 1.75. The van der Waals surface area contributed by atoms with E-state index in [0.29, 0.717) is 0 Å². The highest BCUT2D eigenvalue weighted by Crippen LogP contribution is 2.41. The Morgan fingerprint density at radius 2 is 2.36 bits per heavy atom. The Morgan fingerprint density at radius 1 is 1.50 bits per heavy atom. The van der Waals surface area contributed by atoms with Gasteiger partial charge in [0.1, 0.15) is 0 Å². The minimum Gasteiger partial charge on any atom is -0.387 e. The molecule has 1 saturated carbocycles. The van der Waals surface area contributed by atoms with Crippen LogP contribution in [0, 0.1) is 0 Å². The summed E-state index contributed by atoms with van der Waals surface area (Å²) in [6.45, 7) is 0. The van der Waals surface area contributed by atoms with Gasteiger partial charge < -0.3 is 5.32 Å². The van der Waals surface area contributed by atoms with Crippen LogP contribution < -0.4 is 5.32 Å². The van der Waals surface area contributed by atoms with Gasteiger partial charge in [0.05, 0.1) is 15.9 Å². The second kappa shape index (κ2) is 2.95. The lowest BCUT2D eigenvalue weighted by Gasteiger charge is -2.04. The molecule has 1 N–H and O–H groups in total. The Morgan fingerprint density at radius 3 is 3.07 bits per heavy atom. The standard InChI is InChI=1S/C11H12N2S/c1-12-10-6-9(7-2-3-7)13-8-4-5-14-11(8)10/h4-7H,2-3H2,1H3,(H,12,13). The van der Waals surface area contributed by atoms with Crippen molar-refractivity contribution in [1.29, 1.82) is 0 Å². The summed E-state index contributed by atoms with van der Waals surface area (Å²) < 4.78 is 1.27. The van der Waals surface area contributed by atoms with Crippen molar-refractivity contribution in [2.45, 2.75) is 18.8 Å². The number of rotatable bonds is 2. The molecule has 0 bridgehead atoms. The van der Waals surface area contributed by atoms with Gasteiger partial charge in [0.2, 0.25) is 0 Å². The van der Waals surface area contributed by atoms with Crippen molar-refractivity contribution in [2.75, 3.05) is 12.4 Å². The number of nitrogens with zero attached hydrogens (tertiary/aromatic N) is 1. The zero-order chi connectivity index (χ0) is 9.54. The predicted molar refractivity (Wildman–Crippen MR) is 61.1 cm³/mol. The Kier molecular flexibility index (Phi) is 1.74. The molecule has 2 heterocycles. The molecule has 0 radical (unpaired) electrons. The molecule has 72 valence electrons. The number of pyridine rings is 1. The second-order valence-corrected chi connectivity index (χ2v) is 4.67. The van der Waals surface area contributed by atoms with Gasteiger partial charge in [0, 0.05) is 18.7 Å². The van der Waals surface area contributed by atoms with Crippen LogP contribution in [0.25, 0.3) is 10.2 Å². The van der Waals surface area contributed by atoms with Crippen LogP contribution in [-0.4, -0.2) is 12.0 Å². The van der Waals surface area contributed by atoms with Crippen LogP contribution in [0.4, 0.5) is 5.69 Å². The van der Waals surface area contributed by atoms with E-state index < -0.39 is 0 Å². The Bertz CT molecular complexity index is 471. The molecule has 1 aliphatic rings. The predicted octanol–water partition coefficient (Wildman–Crippen LogP) is 3.22. The van der Waals surface area contributed by atoms with Crippen molar-refractivity contribution < 1.29 is 0 Å². The van der Waals surface area contributed by atoms with E-state index in [9.17, 15) is 0 Å². The molecule has 2 aromatic rings. The highest BCUT2D eigenvalue weighted by molar-refractivity contribution is 7.17. The van der Waals surface area contributed by atoms with Crippen LogP contribution in [0.5, 0.6) is 0 Å². The average Bonchev–Trinajstić information content (AvgIpc) is 2.95. The summed E-state index contributed by atoms with van der Waals surface area (Å²) in [4.78, 5) is 4.68. The molecule has 3 rings (SSSR count). The van der Waals surface area contributed by atoms with Crippen LogP contribution >= 0.6 is 11.3 Å². The number of anilines is 1. The fraction of sp³-hybridized carbons (Fsp3) is 0.364. The SMILES string of the molecule is CNc1cc(C2CC2)nc2ccsc12. The Labute approximate surface area is 87.0 Å². The third-order valence-corrected chi connectivity index (χ3v) is 3.63. The molecule has 0 aliphatic heterocycles. The van der Waals surface area contributed by atoms with E-state index in [-0.39, 0.29) is 0 Å². The number of nitrogens with one attached hydrogen (secondary N) is 1. The van der Waals surface area contributed by atoms with Crippen molar-refractivity contribution >= 4 is 27.2 Å². The van der Waals surface area contributed by atoms with Crippen molar-refractivity contribution in [3.63, 3.8) is 0 Å². The monoisotopic (exact) mass is 204 g/mol. The van der Waals surface area contributed by atoms with Gasteiger partial charge in [-0.2, -0.15) is 0 Å². The molecule has 14 heavy (non-hydrogen) atoms. The topological polar surface area (TPSA) is 24.9 Å². The molecule has 0 spiro atoms. The highest BCUT2D eigenvalue weighted by atomic mass is 32.1. The molecule has 0 amide bonds. The van der Waals surface area contributed by atoms with Crippen LogP contribution in [0.1, 0.15) is 24.5 Å². The minimum absolute atomic E-state index is 0.728. The first-order valence-electron chi connectivity index (χ1n) is 4.94. The summed E-state index contributed by atoms with van der Waals surface area (Å²) in [5.41, 5.74) is 3.64. The molecular formula is C11H12N2S. The number of hydrogen-bond donors (Lipinski definition) is 1. The summed E-state index contributed by atoms with van der Waals surface area (Å²) in [5.74, 6) is 0.728. The number of fused-ring (bicyclic) bond motifs is 1. The van der Waals surface area contributed by atoms with Gasteiger partial charge in [-0.05, 0) is 30.4 Å². The van der Waals surface area contributed by atoms with Crippen LogP contribution in [0.3, 0.4) is 0 Å². The zero-order valence-corrected chi connectivity index (χ0v) is 8.90. The molecule has 1 fully saturated rings. The van der Waals surface area contributed by atoms with E-state index in [1.807, 2.05) is 7.05 Å². The third kappa shape index (κ3) is 1.20. The molecule has 2 aromatic heterocycles. The van der Waals surface area contributed by atoms with Gasteiger partial charge in [0.15, 0.2) is 0 Å². The van der Waals surface area contributed by atoms with Gasteiger partial charge in [-0.15, -0.1) is 11.3 Å². The third-order valence-electron chi connectivity index (χ3n) is 2.70. The van der Waals surface area contributed by atoms with Crippen molar-refractivity contribution in [3.05, 3.63) is 23.2 Å². The summed E-state index contributed by atoms with van der Waals surface area (Å²) in [6, 6.07) is 4.31. The maximum Gasteiger partial charge on any atom is 0.0834 e. The molecule has 3 heteroatoms. The van der Waals surface area contributed by atoms with Gasteiger partial charge >= 0.3 is 0 Å². The molecule has 0 saturated heterocycles. The molecule has 1 aliphatic carbocycles. The zero-order valence-electron chi connectivity index (χ0n) is 8.08. The van der Waals surface area contributed by atoms with E-state index in [4.69, 9.17) is 0 Å². The summed E-state index contributed by atoms with van der Waals surface area (Å²) in [5, 5.41) is 5.36. The van der Waals surface area contributed by atoms with E-state index in [2.05, 4.69) is 27.8 Å². The van der Waals surface area contributed by atoms with Gasteiger partial charge in [0.25, 0.3) is 0 Å². The fourth-order valence-electron chi connectivity index (χ4n) is 1.75. The van der Waals surface area contributed by atoms with Crippen molar-refractivity contribution in [1.82, 2.24) is 4.98 Å². The van der Waals surface area contributed by atoms with Crippen molar-refractivity contribution in [3.8, 4) is 0 Å². The molecule has 0 atom stereocenters. The molecule has 0 aromatic carbocycles.